The lowest BCUT2D eigenvalue weighted by Crippen LogP contribution is -2.38. The van der Waals surface area contributed by atoms with Gasteiger partial charge < -0.3 is 15.1 Å². The van der Waals surface area contributed by atoms with Gasteiger partial charge >= 0.3 is 0 Å². The number of aromatic nitrogens is 1. The van der Waals surface area contributed by atoms with Gasteiger partial charge in [0.15, 0.2) is 0 Å². The summed E-state index contributed by atoms with van der Waals surface area (Å²) in [6.07, 6.45) is 1.05. The van der Waals surface area contributed by atoms with Gasteiger partial charge in [0.2, 0.25) is 32.5 Å². The Morgan fingerprint density at radius 3 is 2.29 bits per heavy atom. The third-order valence-corrected chi connectivity index (χ3v) is 7.36. The largest absolute Gasteiger partial charge is 0.419 e. The second-order valence-corrected chi connectivity index (χ2v) is 9.92. The third kappa shape index (κ3) is 4.31. The van der Waals surface area contributed by atoms with E-state index in [2.05, 4.69) is 4.98 Å². The van der Waals surface area contributed by atoms with Gasteiger partial charge in [-0.1, -0.05) is 29.3 Å². The first-order valence-electron chi connectivity index (χ1n) is 9.88. The second-order valence-electron chi connectivity index (χ2n) is 7.62. The smallest absolute Gasteiger partial charge is 0.236 e. The van der Waals surface area contributed by atoms with Crippen LogP contribution >= 0.6 is 11.6 Å². The van der Waals surface area contributed by atoms with Gasteiger partial charge in [0.25, 0.3) is 0 Å². The molecule has 0 atom stereocenters. The van der Waals surface area contributed by atoms with Gasteiger partial charge in [-0.3, -0.25) is 4.79 Å². The highest BCUT2D eigenvalue weighted by Crippen LogP contribution is 2.36. The van der Waals surface area contributed by atoms with E-state index in [9.17, 15) is 13.2 Å². The van der Waals surface area contributed by atoms with Crippen molar-refractivity contribution < 1.29 is 17.6 Å². The quantitative estimate of drug-likeness (QED) is 0.621. The summed E-state index contributed by atoms with van der Waals surface area (Å²) >= 11 is 5.97. The molecule has 4 rings (SSSR count). The topological polar surface area (TPSA) is 106 Å². The van der Waals surface area contributed by atoms with E-state index in [4.69, 9.17) is 21.8 Å². The predicted octanol–water partition coefficient (Wildman–Crippen LogP) is 3.84. The second kappa shape index (κ2) is 8.36. The SMILES string of the molecule is Cc1ccc(S(=O)(=O)c2nc(-c3ccc(Cl)cc3)oc2N2CCC(C(N)=O)CC2)cc1. The number of nitrogens with zero attached hydrogens (tertiary/aromatic N) is 2. The number of halogens is 1. The van der Waals surface area contributed by atoms with Gasteiger partial charge in [-0.15, -0.1) is 0 Å². The van der Waals surface area contributed by atoms with Crippen LogP contribution in [0.4, 0.5) is 5.88 Å². The first kappa shape index (κ1) is 21.4. The number of amides is 1. The minimum absolute atomic E-state index is 0.140. The number of oxazole rings is 1. The lowest BCUT2D eigenvalue weighted by molar-refractivity contribution is -0.122. The van der Waals surface area contributed by atoms with Crippen LogP contribution in [0.2, 0.25) is 5.02 Å². The number of piperidine rings is 1. The number of carbonyl (C=O) groups is 1. The van der Waals surface area contributed by atoms with Crippen molar-refractivity contribution in [3.8, 4) is 11.5 Å². The highest BCUT2D eigenvalue weighted by molar-refractivity contribution is 7.91. The molecule has 2 heterocycles. The highest BCUT2D eigenvalue weighted by Gasteiger charge is 2.34. The van der Waals surface area contributed by atoms with E-state index in [1.165, 1.54) is 0 Å². The summed E-state index contributed by atoms with van der Waals surface area (Å²) in [7, 11) is -3.93. The monoisotopic (exact) mass is 459 g/mol. The molecule has 0 spiro atoms. The molecule has 1 fully saturated rings. The van der Waals surface area contributed by atoms with Crippen LogP contribution in [0.15, 0.2) is 62.9 Å². The third-order valence-electron chi connectivity index (χ3n) is 5.44. The molecule has 0 unspecified atom stereocenters. The molecule has 1 amide bonds. The van der Waals surface area contributed by atoms with Crippen molar-refractivity contribution >= 4 is 33.2 Å². The Morgan fingerprint density at radius 1 is 1.10 bits per heavy atom. The minimum atomic E-state index is -3.93. The maximum absolute atomic E-state index is 13.4. The number of sulfone groups is 1. The fraction of sp³-hybridized carbons (Fsp3) is 0.273. The Hall–Kier alpha value is -2.84. The summed E-state index contributed by atoms with van der Waals surface area (Å²) in [6, 6.07) is 13.4. The zero-order valence-electron chi connectivity index (χ0n) is 16.9. The number of hydrogen-bond acceptors (Lipinski definition) is 6. The van der Waals surface area contributed by atoms with Gasteiger partial charge in [-0.2, -0.15) is 4.98 Å². The molecule has 31 heavy (non-hydrogen) atoms. The van der Waals surface area contributed by atoms with E-state index in [1.54, 1.807) is 48.5 Å². The normalized spacial score (nSPS) is 15.2. The number of carbonyl (C=O) groups excluding carboxylic acids is 1. The van der Waals surface area contributed by atoms with Gasteiger partial charge in [-0.25, -0.2) is 8.42 Å². The molecule has 0 bridgehead atoms. The van der Waals surface area contributed by atoms with E-state index in [0.29, 0.717) is 36.5 Å². The van der Waals surface area contributed by atoms with Crippen molar-refractivity contribution in [2.24, 2.45) is 11.7 Å². The van der Waals surface area contributed by atoms with Crippen LogP contribution < -0.4 is 10.6 Å². The number of rotatable bonds is 5. The summed E-state index contributed by atoms with van der Waals surface area (Å²) in [5.74, 6) is -0.207. The zero-order chi connectivity index (χ0) is 22.2. The van der Waals surface area contributed by atoms with E-state index >= 15 is 0 Å². The summed E-state index contributed by atoms with van der Waals surface area (Å²) in [4.78, 5) is 17.8. The van der Waals surface area contributed by atoms with Crippen molar-refractivity contribution in [2.75, 3.05) is 18.0 Å². The molecule has 7 nitrogen and oxygen atoms in total. The molecule has 9 heteroatoms. The Bertz CT molecular complexity index is 1200. The van der Waals surface area contributed by atoms with Crippen molar-refractivity contribution in [1.29, 1.82) is 0 Å². The summed E-state index contributed by atoms with van der Waals surface area (Å²) in [5, 5.41) is 0.412. The number of benzene rings is 2. The van der Waals surface area contributed by atoms with E-state index in [1.807, 2.05) is 11.8 Å². The maximum atomic E-state index is 13.4. The summed E-state index contributed by atoms with van der Waals surface area (Å²) < 4.78 is 32.9. The highest BCUT2D eigenvalue weighted by atomic mass is 35.5. The van der Waals surface area contributed by atoms with Crippen molar-refractivity contribution in [3.63, 3.8) is 0 Å². The van der Waals surface area contributed by atoms with Crippen molar-refractivity contribution in [2.45, 2.75) is 29.7 Å². The minimum Gasteiger partial charge on any atom is -0.419 e. The molecule has 162 valence electrons. The molecule has 0 saturated carbocycles. The maximum Gasteiger partial charge on any atom is 0.236 e. The van der Waals surface area contributed by atoms with Crippen LogP contribution in [0.25, 0.3) is 11.5 Å². The van der Waals surface area contributed by atoms with Gasteiger partial charge in [-0.05, 0) is 56.2 Å². The lowest BCUT2D eigenvalue weighted by atomic mass is 9.96. The van der Waals surface area contributed by atoms with E-state index in [0.717, 1.165) is 5.56 Å². The van der Waals surface area contributed by atoms with Crippen LogP contribution in [0.3, 0.4) is 0 Å². The fourth-order valence-electron chi connectivity index (χ4n) is 3.59. The molecule has 1 aromatic heterocycles. The molecule has 0 radical (unpaired) electrons. The van der Waals surface area contributed by atoms with E-state index < -0.39 is 9.84 Å². The van der Waals surface area contributed by atoms with Gasteiger partial charge in [0, 0.05) is 29.6 Å². The van der Waals surface area contributed by atoms with Crippen LogP contribution in [-0.2, 0) is 14.6 Å². The van der Waals surface area contributed by atoms with Crippen LogP contribution in [0.1, 0.15) is 18.4 Å². The number of hydrogen-bond donors (Lipinski definition) is 1. The summed E-state index contributed by atoms with van der Waals surface area (Å²) in [6.45, 7) is 2.78. The molecule has 0 aliphatic carbocycles. The van der Waals surface area contributed by atoms with Gasteiger partial charge in [0.05, 0.1) is 4.90 Å². The molecule has 2 N–H and O–H groups in total. The molecule has 1 saturated heterocycles. The average molecular weight is 460 g/mol. The summed E-state index contributed by atoms with van der Waals surface area (Å²) in [5.41, 5.74) is 7.00. The van der Waals surface area contributed by atoms with Crippen LogP contribution in [-0.4, -0.2) is 32.4 Å². The number of aryl methyl sites for hydroxylation is 1. The molecule has 2 aromatic carbocycles. The standard InChI is InChI=1S/C22H22ClN3O4S/c1-14-2-8-18(9-3-14)31(28,29)21-22(26-12-10-15(11-13-26)19(24)27)30-20(25-21)16-4-6-17(23)7-5-16/h2-9,15H,10-13H2,1H3,(H2,24,27). The number of primary amides is 1. The zero-order valence-corrected chi connectivity index (χ0v) is 18.5. The Labute approximate surface area is 185 Å². The fourth-order valence-corrected chi connectivity index (χ4v) is 5.03. The molecule has 1 aliphatic heterocycles. The lowest BCUT2D eigenvalue weighted by Gasteiger charge is -2.30. The van der Waals surface area contributed by atoms with E-state index in [-0.39, 0.29) is 33.5 Å². The Balaban J connectivity index is 1.78. The first-order chi connectivity index (χ1) is 14.8. The predicted molar refractivity (Wildman–Crippen MR) is 118 cm³/mol. The molecule has 1 aliphatic rings. The van der Waals surface area contributed by atoms with Gasteiger partial charge in [0.1, 0.15) is 0 Å². The number of nitrogens with two attached hydrogens (primary N) is 1. The molecular formula is C22H22ClN3O4S. The molecular weight excluding hydrogens is 438 g/mol. The number of anilines is 1. The van der Waals surface area contributed by atoms with Crippen molar-refractivity contribution in [1.82, 2.24) is 4.98 Å². The van der Waals surface area contributed by atoms with Crippen LogP contribution in [0.5, 0.6) is 0 Å². The average Bonchev–Trinajstić information content (AvgIpc) is 3.21. The van der Waals surface area contributed by atoms with Crippen molar-refractivity contribution in [3.05, 3.63) is 59.1 Å². The van der Waals surface area contributed by atoms with Crippen LogP contribution in [0, 0.1) is 12.8 Å². The molecule has 3 aromatic rings. The Kier molecular flexibility index (Phi) is 5.77. The Morgan fingerprint density at radius 2 is 1.71 bits per heavy atom. The first-order valence-corrected chi connectivity index (χ1v) is 11.7.